The van der Waals surface area contributed by atoms with Crippen molar-refractivity contribution >= 4 is 39.8 Å². The number of carbonyl (C=O) groups is 1. The molecule has 1 aromatic heterocycles. The van der Waals surface area contributed by atoms with E-state index in [1.165, 1.54) is 6.92 Å². The number of hydrogen-bond acceptors (Lipinski definition) is 6. The molecule has 2 N–H and O–H groups in total. The maximum absolute atomic E-state index is 12.6. The van der Waals surface area contributed by atoms with Crippen LogP contribution in [0.25, 0.3) is 22.0 Å². The van der Waals surface area contributed by atoms with E-state index < -0.39 is 6.43 Å². The fourth-order valence-corrected chi connectivity index (χ4v) is 4.59. The van der Waals surface area contributed by atoms with Gasteiger partial charge in [0.25, 0.3) is 6.43 Å². The fourth-order valence-electron chi connectivity index (χ4n) is 4.59. The third kappa shape index (κ3) is 6.00. The summed E-state index contributed by atoms with van der Waals surface area (Å²) in [6.45, 7) is 4.03. The normalized spacial score (nSPS) is 14.2. The van der Waals surface area contributed by atoms with Crippen LogP contribution >= 0.6 is 0 Å². The number of para-hydroxylation sites is 1. The molecule has 1 saturated heterocycles. The van der Waals surface area contributed by atoms with Crippen LogP contribution in [-0.4, -0.2) is 59.9 Å². The van der Waals surface area contributed by atoms with Gasteiger partial charge in [-0.25, -0.2) is 18.7 Å². The number of aromatic nitrogens is 2. The van der Waals surface area contributed by atoms with Gasteiger partial charge >= 0.3 is 0 Å². The Morgan fingerprint density at radius 3 is 2.46 bits per heavy atom. The molecule has 1 fully saturated rings. The maximum atomic E-state index is 12.6. The van der Waals surface area contributed by atoms with Crippen LogP contribution in [0.1, 0.15) is 6.92 Å². The third-order valence-electron chi connectivity index (χ3n) is 6.36. The van der Waals surface area contributed by atoms with Crippen molar-refractivity contribution in [2.45, 2.75) is 13.3 Å². The molecule has 0 radical (unpaired) electrons. The number of benzene rings is 3. The van der Waals surface area contributed by atoms with Gasteiger partial charge in [0, 0.05) is 67.3 Å². The lowest BCUT2D eigenvalue weighted by atomic mass is 10.0. The zero-order chi connectivity index (χ0) is 25.8. The summed E-state index contributed by atoms with van der Waals surface area (Å²) in [6, 6.07) is 21.6. The summed E-state index contributed by atoms with van der Waals surface area (Å²) in [7, 11) is 0. The van der Waals surface area contributed by atoms with E-state index in [2.05, 4.69) is 20.5 Å². The summed E-state index contributed by atoms with van der Waals surface area (Å²) in [5, 5.41) is 7.02. The Hall–Kier alpha value is -4.11. The van der Waals surface area contributed by atoms with Gasteiger partial charge in [0.15, 0.2) is 0 Å². The number of alkyl halides is 2. The minimum Gasteiger partial charge on any atom is -0.369 e. The predicted octanol–water partition coefficient (Wildman–Crippen LogP) is 5.39. The van der Waals surface area contributed by atoms with Gasteiger partial charge in [-0.15, -0.1) is 0 Å². The molecule has 0 atom stereocenters. The number of nitrogens with one attached hydrogen (secondary N) is 2. The second kappa shape index (κ2) is 10.9. The first kappa shape index (κ1) is 24.6. The summed E-state index contributed by atoms with van der Waals surface area (Å²) in [4.78, 5) is 24.8. The van der Waals surface area contributed by atoms with E-state index in [0.29, 0.717) is 19.0 Å². The second-order valence-corrected chi connectivity index (χ2v) is 9.05. The predicted molar refractivity (Wildman–Crippen MR) is 144 cm³/mol. The minimum absolute atomic E-state index is 0.121. The van der Waals surface area contributed by atoms with Crippen molar-refractivity contribution in [1.29, 1.82) is 0 Å². The van der Waals surface area contributed by atoms with Crippen molar-refractivity contribution in [1.82, 2.24) is 14.9 Å². The van der Waals surface area contributed by atoms with Gasteiger partial charge in [-0.05, 0) is 42.0 Å². The summed E-state index contributed by atoms with van der Waals surface area (Å²) in [5.41, 5.74) is 5.33. The van der Waals surface area contributed by atoms with Crippen LogP contribution in [0.15, 0.2) is 72.9 Å². The lowest BCUT2D eigenvalue weighted by Crippen LogP contribution is -2.47. The zero-order valence-electron chi connectivity index (χ0n) is 20.5. The zero-order valence-corrected chi connectivity index (χ0v) is 20.5. The standard InChI is InChI=1S/C28H28F2N6O/c1-19(37)32-23-6-2-4-20(16-23)25-7-3-5-21-17-31-28(34-27(21)25)33-22-8-10-24(11-9-22)36-14-12-35(13-15-36)18-26(29)30/h2-11,16-17,26H,12-15,18H2,1H3,(H,32,37)(H,31,33,34). The number of halogens is 2. The SMILES string of the molecule is CC(=O)Nc1cccc(-c2cccc3cnc(Nc4ccc(N5CCN(CC(F)F)CC5)cc4)nc23)c1. The Balaban J connectivity index is 1.32. The number of fused-ring (bicyclic) bond motifs is 1. The molecule has 1 aliphatic heterocycles. The van der Waals surface area contributed by atoms with Gasteiger partial charge in [0.2, 0.25) is 11.9 Å². The Morgan fingerprint density at radius 1 is 0.973 bits per heavy atom. The first-order chi connectivity index (χ1) is 17.9. The van der Waals surface area contributed by atoms with E-state index >= 15 is 0 Å². The largest absolute Gasteiger partial charge is 0.369 e. The Kier molecular flexibility index (Phi) is 7.23. The molecular weight excluding hydrogens is 474 g/mol. The molecule has 37 heavy (non-hydrogen) atoms. The van der Waals surface area contributed by atoms with Crippen LogP contribution in [0, 0.1) is 0 Å². The number of amides is 1. The van der Waals surface area contributed by atoms with Crippen LogP contribution in [-0.2, 0) is 4.79 Å². The van der Waals surface area contributed by atoms with E-state index in [-0.39, 0.29) is 12.5 Å². The first-order valence-electron chi connectivity index (χ1n) is 12.2. The van der Waals surface area contributed by atoms with Crippen molar-refractivity contribution in [2.24, 2.45) is 0 Å². The average Bonchev–Trinajstić information content (AvgIpc) is 2.89. The van der Waals surface area contributed by atoms with E-state index in [0.717, 1.165) is 52.2 Å². The van der Waals surface area contributed by atoms with E-state index in [1.807, 2.05) is 66.7 Å². The number of nitrogens with zero attached hydrogens (tertiary/aromatic N) is 4. The number of piperazine rings is 1. The molecule has 0 saturated carbocycles. The van der Waals surface area contributed by atoms with E-state index in [9.17, 15) is 13.6 Å². The van der Waals surface area contributed by atoms with Crippen LogP contribution in [0.3, 0.4) is 0 Å². The molecule has 9 heteroatoms. The van der Waals surface area contributed by atoms with Crippen molar-refractivity contribution in [3.8, 4) is 11.1 Å². The van der Waals surface area contributed by atoms with Crippen molar-refractivity contribution in [3.05, 3.63) is 72.9 Å². The van der Waals surface area contributed by atoms with Gasteiger partial charge in [-0.3, -0.25) is 9.69 Å². The van der Waals surface area contributed by atoms with Gasteiger partial charge < -0.3 is 15.5 Å². The van der Waals surface area contributed by atoms with Crippen molar-refractivity contribution in [3.63, 3.8) is 0 Å². The molecule has 2 heterocycles. The number of anilines is 4. The first-order valence-corrected chi connectivity index (χ1v) is 12.2. The highest BCUT2D eigenvalue weighted by atomic mass is 19.3. The molecule has 0 spiro atoms. The Morgan fingerprint density at radius 2 is 1.73 bits per heavy atom. The quantitative estimate of drug-likeness (QED) is 0.353. The summed E-state index contributed by atoms with van der Waals surface area (Å²) < 4.78 is 25.3. The summed E-state index contributed by atoms with van der Waals surface area (Å²) in [6.07, 6.45) is -0.502. The minimum atomic E-state index is -2.29. The van der Waals surface area contributed by atoms with Crippen molar-refractivity contribution in [2.75, 3.05) is 48.3 Å². The second-order valence-electron chi connectivity index (χ2n) is 9.05. The summed E-state index contributed by atoms with van der Waals surface area (Å²) >= 11 is 0. The summed E-state index contributed by atoms with van der Waals surface area (Å²) in [5.74, 6) is 0.357. The van der Waals surface area contributed by atoms with Crippen LogP contribution in [0.2, 0.25) is 0 Å². The highest BCUT2D eigenvalue weighted by Crippen LogP contribution is 2.30. The molecule has 4 aromatic rings. The third-order valence-corrected chi connectivity index (χ3v) is 6.36. The number of rotatable bonds is 7. The molecule has 190 valence electrons. The molecule has 0 unspecified atom stereocenters. The molecule has 0 bridgehead atoms. The molecular formula is C28H28F2N6O. The monoisotopic (exact) mass is 502 g/mol. The topological polar surface area (TPSA) is 73.4 Å². The average molecular weight is 503 g/mol. The molecule has 3 aromatic carbocycles. The molecule has 5 rings (SSSR count). The number of hydrogen-bond donors (Lipinski definition) is 2. The van der Waals surface area contributed by atoms with Gasteiger partial charge in [0.1, 0.15) is 0 Å². The highest BCUT2D eigenvalue weighted by Gasteiger charge is 2.19. The van der Waals surface area contributed by atoms with E-state index in [1.54, 1.807) is 11.1 Å². The van der Waals surface area contributed by atoms with Crippen LogP contribution in [0.5, 0.6) is 0 Å². The maximum Gasteiger partial charge on any atom is 0.251 e. The Bertz CT molecular complexity index is 1390. The lowest BCUT2D eigenvalue weighted by molar-refractivity contribution is -0.114. The van der Waals surface area contributed by atoms with Crippen molar-refractivity contribution < 1.29 is 13.6 Å². The molecule has 1 aliphatic rings. The van der Waals surface area contributed by atoms with Crippen LogP contribution in [0.4, 0.5) is 31.8 Å². The van der Waals surface area contributed by atoms with E-state index in [4.69, 9.17) is 4.98 Å². The van der Waals surface area contributed by atoms with Gasteiger partial charge in [0.05, 0.1) is 12.1 Å². The smallest absolute Gasteiger partial charge is 0.251 e. The highest BCUT2D eigenvalue weighted by molar-refractivity contribution is 5.95. The molecule has 7 nitrogen and oxygen atoms in total. The van der Waals surface area contributed by atoms with Crippen LogP contribution < -0.4 is 15.5 Å². The molecule has 1 amide bonds. The fraction of sp³-hybridized carbons (Fsp3) is 0.250. The Labute approximate surface area is 214 Å². The molecule has 0 aliphatic carbocycles. The number of carbonyl (C=O) groups excluding carboxylic acids is 1. The van der Waals surface area contributed by atoms with Gasteiger partial charge in [-0.2, -0.15) is 0 Å². The van der Waals surface area contributed by atoms with Gasteiger partial charge in [-0.1, -0.05) is 30.3 Å². The lowest BCUT2D eigenvalue weighted by Gasteiger charge is -2.35.